The number of aliphatic carboxylic acids is 1. The zero-order valence-corrected chi connectivity index (χ0v) is 12.4. The Kier molecular flexibility index (Phi) is 7.85. The predicted octanol–water partition coefficient (Wildman–Crippen LogP) is 2.74. The largest absolute Gasteiger partial charge is 0.481 e. The van der Waals surface area contributed by atoms with Crippen LogP contribution < -0.4 is 0 Å². The summed E-state index contributed by atoms with van der Waals surface area (Å²) in [7, 11) is 0. The Balaban J connectivity index is 2.32. The minimum atomic E-state index is -0.736. The van der Waals surface area contributed by atoms with Gasteiger partial charge >= 0.3 is 5.97 Å². The highest BCUT2D eigenvalue weighted by molar-refractivity contribution is 5.66. The van der Waals surface area contributed by atoms with Gasteiger partial charge in [0.2, 0.25) is 0 Å². The van der Waals surface area contributed by atoms with Crippen LogP contribution in [-0.4, -0.2) is 33.5 Å². The van der Waals surface area contributed by atoms with Crippen molar-refractivity contribution in [2.75, 3.05) is 0 Å². The van der Waals surface area contributed by atoms with Crippen LogP contribution in [0, 0.1) is 11.8 Å². The van der Waals surface area contributed by atoms with Gasteiger partial charge in [0, 0.05) is 6.42 Å². The number of unbranched alkanes of at least 4 members (excludes halogenated alkanes) is 2. The maximum atomic E-state index is 10.4. The molecule has 1 rings (SSSR count). The summed E-state index contributed by atoms with van der Waals surface area (Å²) in [6.45, 7) is 1.94. The number of aliphatic hydroxyl groups is 2. The summed E-state index contributed by atoms with van der Waals surface area (Å²) in [5.74, 6) is -0.119. The van der Waals surface area contributed by atoms with Crippen molar-refractivity contribution in [3.05, 3.63) is 12.2 Å². The van der Waals surface area contributed by atoms with Gasteiger partial charge in [-0.05, 0) is 43.9 Å². The van der Waals surface area contributed by atoms with E-state index < -0.39 is 5.97 Å². The maximum Gasteiger partial charge on any atom is 0.303 e. The molecular formula is C16H28O4. The first-order chi connectivity index (χ1) is 9.54. The van der Waals surface area contributed by atoms with Crippen molar-refractivity contribution in [3.8, 4) is 0 Å². The molecule has 0 bridgehead atoms. The molecule has 1 saturated carbocycles. The SMILES string of the molecule is CCC(O)/C=C/C1CCC(O)C1CCCCCC(=O)O. The summed E-state index contributed by atoms with van der Waals surface area (Å²) in [6.07, 6.45) is 9.57. The third kappa shape index (κ3) is 6.06. The third-order valence-electron chi connectivity index (χ3n) is 4.27. The molecule has 1 fully saturated rings. The van der Waals surface area contributed by atoms with Crippen LogP contribution in [-0.2, 0) is 4.79 Å². The van der Waals surface area contributed by atoms with Crippen LogP contribution in [0.5, 0.6) is 0 Å². The highest BCUT2D eigenvalue weighted by atomic mass is 16.4. The summed E-state index contributed by atoms with van der Waals surface area (Å²) in [4.78, 5) is 10.4. The van der Waals surface area contributed by atoms with Crippen LogP contribution in [0.2, 0.25) is 0 Å². The van der Waals surface area contributed by atoms with E-state index in [0.29, 0.717) is 18.8 Å². The maximum absolute atomic E-state index is 10.4. The highest BCUT2D eigenvalue weighted by Crippen LogP contribution is 2.36. The number of rotatable bonds is 9. The van der Waals surface area contributed by atoms with Gasteiger partial charge in [-0.2, -0.15) is 0 Å². The minimum Gasteiger partial charge on any atom is -0.481 e. The van der Waals surface area contributed by atoms with Gasteiger partial charge in [-0.1, -0.05) is 31.9 Å². The van der Waals surface area contributed by atoms with E-state index in [2.05, 4.69) is 6.08 Å². The average molecular weight is 284 g/mol. The Hall–Kier alpha value is -0.870. The highest BCUT2D eigenvalue weighted by Gasteiger charge is 2.32. The van der Waals surface area contributed by atoms with E-state index in [-0.39, 0.29) is 24.5 Å². The lowest BCUT2D eigenvalue weighted by Gasteiger charge is -2.20. The summed E-state index contributed by atoms with van der Waals surface area (Å²) < 4.78 is 0. The molecule has 4 heteroatoms. The number of carboxylic acids is 1. The fourth-order valence-corrected chi connectivity index (χ4v) is 2.96. The van der Waals surface area contributed by atoms with Gasteiger partial charge in [0.25, 0.3) is 0 Å². The van der Waals surface area contributed by atoms with Gasteiger partial charge in [0.1, 0.15) is 0 Å². The van der Waals surface area contributed by atoms with Crippen LogP contribution in [0.15, 0.2) is 12.2 Å². The van der Waals surface area contributed by atoms with E-state index in [4.69, 9.17) is 5.11 Å². The van der Waals surface area contributed by atoms with Crippen LogP contribution in [0.4, 0.5) is 0 Å². The topological polar surface area (TPSA) is 77.8 Å². The number of allylic oxidation sites excluding steroid dienone is 1. The number of hydrogen-bond donors (Lipinski definition) is 3. The Bertz CT molecular complexity index is 314. The molecule has 1 aliphatic rings. The first-order valence-electron chi connectivity index (χ1n) is 7.80. The van der Waals surface area contributed by atoms with E-state index in [0.717, 1.165) is 32.1 Å². The third-order valence-corrected chi connectivity index (χ3v) is 4.27. The molecule has 0 aromatic heterocycles. The molecule has 20 heavy (non-hydrogen) atoms. The lowest BCUT2D eigenvalue weighted by molar-refractivity contribution is -0.137. The van der Waals surface area contributed by atoms with E-state index in [1.54, 1.807) is 0 Å². The lowest BCUT2D eigenvalue weighted by atomic mass is 9.88. The summed E-state index contributed by atoms with van der Waals surface area (Å²) in [5.41, 5.74) is 0. The molecule has 0 heterocycles. The smallest absolute Gasteiger partial charge is 0.303 e. The standard InChI is InChI=1S/C16H28O4/c1-2-13(17)10-8-12-9-11-15(18)14(12)6-4-3-5-7-16(19)20/h8,10,12-15,17-18H,2-7,9,11H2,1H3,(H,19,20)/b10-8+. The van der Waals surface area contributed by atoms with Gasteiger partial charge in [-0.25, -0.2) is 0 Å². The zero-order chi connectivity index (χ0) is 15.0. The lowest BCUT2D eigenvalue weighted by Crippen LogP contribution is -2.18. The van der Waals surface area contributed by atoms with E-state index in [1.807, 2.05) is 13.0 Å². The van der Waals surface area contributed by atoms with Crippen LogP contribution in [0.25, 0.3) is 0 Å². The minimum absolute atomic E-state index is 0.235. The van der Waals surface area contributed by atoms with Gasteiger partial charge in [-0.3, -0.25) is 4.79 Å². The number of carbonyl (C=O) groups is 1. The molecule has 4 nitrogen and oxygen atoms in total. The van der Waals surface area contributed by atoms with Crippen molar-refractivity contribution in [2.24, 2.45) is 11.8 Å². The first kappa shape index (κ1) is 17.2. The Morgan fingerprint density at radius 1 is 1.30 bits per heavy atom. The van der Waals surface area contributed by atoms with Crippen molar-refractivity contribution in [1.29, 1.82) is 0 Å². The van der Waals surface area contributed by atoms with Crippen molar-refractivity contribution in [3.63, 3.8) is 0 Å². The molecule has 116 valence electrons. The molecule has 0 radical (unpaired) electrons. The van der Waals surface area contributed by atoms with E-state index in [9.17, 15) is 15.0 Å². The molecule has 0 spiro atoms. The second-order valence-electron chi connectivity index (χ2n) is 5.83. The molecular weight excluding hydrogens is 256 g/mol. The molecule has 0 saturated heterocycles. The van der Waals surface area contributed by atoms with Gasteiger partial charge in [0.15, 0.2) is 0 Å². The Morgan fingerprint density at radius 3 is 2.70 bits per heavy atom. The van der Waals surface area contributed by atoms with Crippen molar-refractivity contribution in [1.82, 2.24) is 0 Å². The fraction of sp³-hybridized carbons (Fsp3) is 0.812. The molecule has 3 N–H and O–H groups in total. The predicted molar refractivity (Wildman–Crippen MR) is 78.4 cm³/mol. The monoisotopic (exact) mass is 284 g/mol. The first-order valence-corrected chi connectivity index (χ1v) is 7.80. The zero-order valence-electron chi connectivity index (χ0n) is 12.4. The average Bonchev–Trinajstić information content (AvgIpc) is 2.76. The van der Waals surface area contributed by atoms with Crippen molar-refractivity contribution < 1.29 is 20.1 Å². The second kappa shape index (κ2) is 9.14. The van der Waals surface area contributed by atoms with Gasteiger partial charge in [0.05, 0.1) is 12.2 Å². The Morgan fingerprint density at radius 2 is 2.05 bits per heavy atom. The number of hydrogen-bond acceptors (Lipinski definition) is 3. The fourth-order valence-electron chi connectivity index (χ4n) is 2.96. The molecule has 4 atom stereocenters. The van der Waals surface area contributed by atoms with E-state index in [1.165, 1.54) is 0 Å². The van der Waals surface area contributed by atoms with Crippen LogP contribution in [0.1, 0.15) is 58.3 Å². The van der Waals surface area contributed by atoms with Gasteiger partial charge < -0.3 is 15.3 Å². The quantitative estimate of drug-likeness (QED) is 0.449. The summed E-state index contributed by atoms with van der Waals surface area (Å²) in [6, 6.07) is 0. The van der Waals surface area contributed by atoms with E-state index >= 15 is 0 Å². The Labute approximate surface area is 121 Å². The van der Waals surface area contributed by atoms with Crippen molar-refractivity contribution >= 4 is 5.97 Å². The summed E-state index contributed by atoms with van der Waals surface area (Å²) >= 11 is 0. The molecule has 0 amide bonds. The molecule has 0 aromatic carbocycles. The van der Waals surface area contributed by atoms with Crippen molar-refractivity contribution in [2.45, 2.75) is 70.5 Å². The summed E-state index contributed by atoms with van der Waals surface area (Å²) in [5, 5.41) is 28.2. The normalized spacial score (nSPS) is 28.1. The molecule has 0 aromatic rings. The molecule has 4 unspecified atom stereocenters. The number of aliphatic hydroxyl groups excluding tert-OH is 2. The molecule has 0 aliphatic heterocycles. The molecule has 1 aliphatic carbocycles. The van der Waals surface area contributed by atoms with Gasteiger partial charge in [-0.15, -0.1) is 0 Å². The number of carboxylic acid groups (broad SMARTS) is 1. The van der Waals surface area contributed by atoms with Crippen LogP contribution >= 0.6 is 0 Å². The second-order valence-corrected chi connectivity index (χ2v) is 5.83. The van der Waals surface area contributed by atoms with Crippen LogP contribution in [0.3, 0.4) is 0 Å².